The van der Waals surface area contributed by atoms with Crippen molar-refractivity contribution in [1.82, 2.24) is 14.9 Å². The van der Waals surface area contributed by atoms with Gasteiger partial charge in [0, 0.05) is 50.7 Å². The monoisotopic (exact) mass is 394 g/mol. The molecule has 3 fully saturated rings. The van der Waals surface area contributed by atoms with Crippen LogP contribution in [0.3, 0.4) is 0 Å². The summed E-state index contributed by atoms with van der Waals surface area (Å²) in [5.41, 5.74) is 1.39. The highest BCUT2D eigenvalue weighted by Crippen LogP contribution is 2.32. The van der Waals surface area contributed by atoms with Crippen molar-refractivity contribution in [3.8, 4) is 11.4 Å². The van der Waals surface area contributed by atoms with Crippen molar-refractivity contribution in [2.75, 3.05) is 44.3 Å². The molecule has 1 aromatic heterocycles. The van der Waals surface area contributed by atoms with Crippen molar-refractivity contribution in [3.05, 3.63) is 42.1 Å². The molecule has 7 heteroatoms. The van der Waals surface area contributed by atoms with Gasteiger partial charge >= 0.3 is 0 Å². The highest BCUT2D eigenvalue weighted by molar-refractivity contribution is 5.93. The lowest BCUT2D eigenvalue weighted by Crippen LogP contribution is -2.47. The van der Waals surface area contributed by atoms with Crippen LogP contribution in [0.5, 0.6) is 0 Å². The Morgan fingerprint density at radius 1 is 0.931 bits per heavy atom. The van der Waals surface area contributed by atoms with Gasteiger partial charge in [0.1, 0.15) is 11.5 Å². The van der Waals surface area contributed by atoms with Crippen molar-refractivity contribution in [2.24, 2.45) is 0 Å². The minimum Gasteiger partial charge on any atom is -0.356 e. The summed E-state index contributed by atoms with van der Waals surface area (Å²) >= 11 is 0. The topological polar surface area (TPSA) is 67.8 Å². The first-order valence-corrected chi connectivity index (χ1v) is 10.5. The normalized spacial score (nSPS) is 21.1. The van der Waals surface area contributed by atoms with Crippen LogP contribution in [0.4, 0.5) is 5.82 Å². The Bertz CT molecular complexity index is 867. The van der Waals surface area contributed by atoms with Gasteiger partial charge in [0.15, 0.2) is 11.6 Å². The molecule has 5 rings (SSSR count). The van der Waals surface area contributed by atoms with E-state index in [1.165, 1.54) is 0 Å². The molecule has 152 valence electrons. The lowest BCUT2D eigenvalue weighted by molar-refractivity contribution is -0.181. The molecule has 0 unspecified atom stereocenters. The van der Waals surface area contributed by atoms with Crippen LogP contribution in [0.2, 0.25) is 0 Å². The second kappa shape index (κ2) is 7.72. The Labute approximate surface area is 170 Å². The van der Waals surface area contributed by atoms with E-state index in [1.807, 2.05) is 41.3 Å². The van der Waals surface area contributed by atoms with E-state index in [4.69, 9.17) is 14.5 Å². The second-order valence-corrected chi connectivity index (χ2v) is 7.89. The Hall–Kier alpha value is -2.51. The van der Waals surface area contributed by atoms with Gasteiger partial charge in [-0.15, -0.1) is 0 Å². The number of hydrogen-bond acceptors (Lipinski definition) is 6. The van der Waals surface area contributed by atoms with Crippen LogP contribution in [-0.4, -0.2) is 66.0 Å². The lowest BCUT2D eigenvalue weighted by atomic mass is 10.0. The summed E-state index contributed by atoms with van der Waals surface area (Å²) in [5.74, 6) is 0.918. The van der Waals surface area contributed by atoms with Crippen molar-refractivity contribution in [1.29, 1.82) is 0 Å². The fourth-order valence-electron chi connectivity index (χ4n) is 4.37. The summed E-state index contributed by atoms with van der Waals surface area (Å²) in [6.07, 6.45) is 3.72. The third-order valence-corrected chi connectivity index (χ3v) is 6.02. The predicted octanol–water partition coefficient (Wildman–Crippen LogP) is 2.72. The van der Waals surface area contributed by atoms with Gasteiger partial charge in [-0.2, -0.15) is 0 Å². The maximum Gasteiger partial charge on any atom is 0.272 e. The fraction of sp³-hybridized carbons (Fsp3) is 0.500. The number of carbonyl (C=O) groups excluding carboxylic acids is 1. The van der Waals surface area contributed by atoms with Crippen molar-refractivity contribution < 1.29 is 14.3 Å². The number of piperidine rings is 1. The summed E-state index contributed by atoms with van der Waals surface area (Å²) in [4.78, 5) is 26.8. The lowest BCUT2D eigenvalue weighted by Gasteiger charge is -2.37. The maximum absolute atomic E-state index is 13.3. The highest BCUT2D eigenvalue weighted by atomic mass is 16.7. The van der Waals surface area contributed by atoms with Crippen LogP contribution < -0.4 is 4.90 Å². The van der Waals surface area contributed by atoms with Crippen molar-refractivity contribution >= 4 is 11.7 Å². The van der Waals surface area contributed by atoms with Gasteiger partial charge in [-0.1, -0.05) is 30.3 Å². The first kappa shape index (κ1) is 18.5. The summed E-state index contributed by atoms with van der Waals surface area (Å²) in [7, 11) is 0. The van der Waals surface area contributed by atoms with Gasteiger partial charge in [-0.3, -0.25) is 4.79 Å². The molecule has 4 heterocycles. The van der Waals surface area contributed by atoms with Crippen LogP contribution in [0.15, 0.2) is 36.4 Å². The molecule has 3 aliphatic rings. The summed E-state index contributed by atoms with van der Waals surface area (Å²) < 4.78 is 11.6. The number of amides is 1. The number of ether oxygens (including phenoxy) is 2. The molecule has 3 saturated heterocycles. The summed E-state index contributed by atoms with van der Waals surface area (Å²) in [6.45, 7) is 4.45. The molecule has 2 aromatic rings. The largest absolute Gasteiger partial charge is 0.356 e. The molecule has 29 heavy (non-hydrogen) atoms. The van der Waals surface area contributed by atoms with Crippen LogP contribution in [0.25, 0.3) is 11.4 Å². The van der Waals surface area contributed by atoms with Crippen molar-refractivity contribution in [2.45, 2.75) is 31.5 Å². The maximum atomic E-state index is 13.3. The number of benzene rings is 1. The standard InChI is InChI=1S/C22H26N4O3/c27-21(26-12-8-22(9-13-26)28-14-15-29-22)18-16-19(25-10-4-5-11-25)24-20(23-18)17-6-2-1-3-7-17/h1-3,6-7,16H,4-5,8-15H2. The van der Waals surface area contributed by atoms with E-state index in [2.05, 4.69) is 9.88 Å². The highest BCUT2D eigenvalue weighted by Gasteiger charge is 2.41. The van der Waals surface area contributed by atoms with Gasteiger partial charge in [-0.05, 0) is 12.8 Å². The van der Waals surface area contributed by atoms with Crippen LogP contribution in [0, 0.1) is 0 Å². The number of aromatic nitrogens is 2. The number of likely N-dealkylation sites (tertiary alicyclic amines) is 1. The molecule has 0 bridgehead atoms. The van der Waals surface area contributed by atoms with Crippen molar-refractivity contribution in [3.63, 3.8) is 0 Å². The minimum absolute atomic E-state index is 0.0436. The number of carbonyl (C=O) groups is 1. The molecule has 1 amide bonds. The molecule has 7 nitrogen and oxygen atoms in total. The third kappa shape index (κ3) is 3.72. The van der Waals surface area contributed by atoms with Crippen LogP contribution in [-0.2, 0) is 9.47 Å². The van der Waals surface area contributed by atoms with E-state index < -0.39 is 5.79 Å². The van der Waals surface area contributed by atoms with E-state index in [-0.39, 0.29) is 5.91 Å². The quantitative estimate of drug-likeness (QED) is 0.797. The van der Waals surface area contributed by atoms with E-state index in [0.29, 0.717) is 50.7 Å². The Morgan fingerprint density at radius 2 is 1.62 bits per heavy atom. The van der Waals surface area contributed by atoms with E-state index >= 15 is 0 Å². The van der Waals surface area contributed by atoms with E-state index in [1.54, 1.807) is 0 Å². The third-order valence-electron chi connectivity index (χ3n) is 6.02. The minimum atomic E-state index is -0.488. The fourth-order valence-corrected chi connectivity index (χ4v) is 4.37. The SMILES string of the molecule is O=C(c1cc(N2CCCC2)nc(-c2ccccc2)n1)N1CCC2(CC1)OCCO2. The molecule has 1 spiro atoms. The zero-order valence-electron chi connectivity index (χ0n) is 16.5. The second-order valence-electron chi connectivity index (χ2n) is 7.89. The molecule has 0 aliphatic carbocycles. The van der Waals surface area contributed by atoms with Crippen LogP contribution >= 0.6 is 0 Å². The zero-order chi connectivity index (χ0) is 19.7. The van der Waals surface area contributed by atoms with E-state index in [9.17, 15) is 4.79 Å². The van der Waals surface area contributed by atoms with Gasteiger partial charge in [0.2, 0.25) is 0 Å². The Kier molecular flexibility index (Phi) is 4.93. The van der Waals surface area contributed by atoms with Gasteiger partial charge in [-0.25, -0.2) is 9.97 Å². The summed E-state index contributed by atoms with van der Waals surface area (Å²) in [6, 6.07) is 11.7. The van der Waals surface area contributed by atoms with Gasteiger partial charge in [0.05, 0.1) is 13.2 Å². The Morgan fingerprint density at radius 3 is 2.31 bits per heavy atom. The predicted molar refractivity (Wildman–Crippen MR) is 109 cm³/mol. The number of anilines is 1. The van der Waals surface area contributed by atoms with Crippen LogP contribution in [0.1, 0.15) is 36.2 Å². The molecule has 0 atom stereocenters. The molecule has 0 radical (unpaired) electrons. The average molecular weight is 394 g/mol. The molecular formula is C22H26N4O3. The molecule has 3 aliphatic heterocycles. The van der Waals surface area contributed by atoms with Gasteiger partial charge < -0.3 is 19.3 Å². The van der Waals surface area contributed by atoms with Gasteiger partial charge in [0.25, 0.3) is 5.91 Å². The molecule has 0 saturated carbocycles. The molecule has 1 aromatic carbocycles. The number of hydrogen-bond donors (Lipinski definition) is 0. The first-order valence-electron chi connectivity index (χ1n) is 10.5. The average Bonchev–Trinajstić information content (AvgIpc) is 3.47. The number of rotatable bonds is 3. The smallest absolute Gasteiger partial charge is 0.272 e. The molecule has 0 N–H and O–H groups in total. The molecular weight excluding hydrogens is 368 g/mol. The zero-order valence-corrected chi connectivity index (χ0v) is 16.5. The Balaban J connectivity index is 1.42. The first-order chi connectivity index (χ1) is 14.2. The van der Waals surface area contributed by atoms with E-state index in [0.717, 1.165) is 37.3 Å². The summed E-state index contributed by atoms with van der Waals surface area (Å²) in [5, 5.41) is 0. The number of nitrogens with zero attached hydrogens (tertiary/aromatic N) is 4.